The third-order valence-electron chi connectivity index (χ3n) is 5.19. The molecule has 2 heterocycles. The van der Waals surface area contributed by atoms with Crippen molar-refractivity contribution in [1.29, 1.82) is 0 Å². The number of hydrogen-bond acceptors (Lipinski definition) is 5. The highest BCUT2D eigenvalue weighted by Gasteiger charge is 2.17. The van der Waals surface area contributed by atoms with Crippen LogP contribution in [0.2, 0.25) is 0 Å². The molecule has 1 aliphatic carbocycles. The summed E-state index contributed by atoms with van der Waals surface area (Å²) in [5.74, 6) is 0.644. The minimum atomic E-state index is -0.442. The topological polar surface area (TPSA) is 85.1 Å². The molecular formula is C22H23N3O3. The van der Waals surface area contributed by atoms with Crippen LogP contribution >= 0.6 is 0 Å². The minimum absolute atomic E-state index is 0.134. The van der Waals surface area contributed by atoms with E-state index in [9.17, 15) is 9.59 Å². The van der Waals surface area contributed by atoms with Crippen molar-refractivity contribution in [2.45, 2.75) is 46.0 Å². The molecule has 144 valence electrons. The minimum Gasteiger partial charge on any atom is -0.423 e. The van der Waals surface area contributed by atoms with E-state index >= 15 is 0 Å². The molecule has 0 spiro atoms. The molecule has 1 aliphatic rings. The molecule has 4 rings (SSSR count). The summed E-state index contributed by atoms with van der Waals surface area (Å²) < 4.78 is 5.25. The van der Waals surface area contributed by atoms with E-state index in [1.165, 1.54) is 11.6 Å². The van der Waals surface area contributed by atoms with Gasteiger partial charge >= 0.3 is 5.63 Å². The summed E-state index contributed by atoms with van der Waals surface area (Å²) in [4.78, 5) is 33.4. The Kier molecular flexibility index (Phi) is 4.94. The van der Waals surface area contributed by atoms with Crippen molar-refractivity contribution in [2.24, 2.45) is 0 Å². The van der Waals surface area contributed by atoms with Crippen molar-refractivity contribution in [2.75, 3.05) is 6.54 Å². The Hall–Kier alpha value is -3.02. The lowest BCUT2D eigenvalue weighted by Crippen LogP contribution is -2.28. The van der Waals surface area contributed by atoms with Crippen LogP contribution in [0.3, 0.4) is 0 Å². The zero-order valence-corrected chi connectivity index (χ0v) is 16.2. The van der Waals surface area contributed by atoms with Crippen LogP contribution in [-0.4, -0.2) is 22.4 Å². The number of aromatic nitrogens is 2. The SMILES string of the molecule is Cc1ccc2c(CC(=O)NCCc3nc(C)c4c(n3)CCC4)cc(=O)oc2c1. The predicted molar refractivity (Wildman–Crippen MR) is 106 cm³/mol. The summed E-state index contributed by atoms with van der Waals surface area (Å²) in [7, 11) is 0. The van der Waals surface area contributed by atoms with E-state index in [2.05, 4.69) is 15.3 Å². The zero-order valence-electron chi connectivity index (χ0n) is 16.2. The van der Waals surface area contributed by atoms with Crippen LogP contribution in [0.5, 0.6) is 0 Å². The van der Waals surface area contributed by atoms with E-state index in [4.69, 9.17) is 4.42 Å². The van der Waals surface area contributed by atoms with Crippen molar-refractivity contribution in [3.05, 3.63) is 68.6 Å². The average Bonchev–Trinajstić information content (AvgIpc) is 3.10. The molecule has 0 atom stereocenters. The van der Waals surface area contributed by atoms with Gasteiger partial charge in [-0.15, -0.1) is 0 Å². The van der Waals surface area contributed by atoms with Crippen molar-refractivity contribution >= 4 is 16.9 Å². The van der Waals surface area contributed by atoms with Gasteiger partial charge in [-0.25, -0.2) is 14.8 Å². The molecule has 0 saturated heterocycles. The fourth-order valence-corrected chi connectivity index (χ4v) is 3.83. The summed E-state index contributed by atoms with van der Waals surface area (Å²) in [6, 6.07) is 7.03. The van der Waals surface area contributed by atoms with Gasteiger partial charge in [0.25, 0.3) is 0 Å². The molecule has 0 unspecified atom stereocenters. The second-order valence-electron chi connectivity index (χ2n) is 7.37. The highest BCUT2D eigenvalue weighted by Crippen LogP contribution is 2.22. The van der Waals surface area contributed by atoms with Gasteiger partial charge in [-0.05, 0) is 55.9 Å². The number of carbonyl (C=O) groups excluding carboxylic acids is 1. The summed E-state index contributed by atoms with van der Waals surface area (Å²) >= 11 is 0. The Labute approximate surface area is 163 Å². The molecule has 0 radical (unpaired) electrons. The fraction of sp³-hybridized carbons (Fsp3) is 0.364. The molecule has 0 fully saturated rings. The third kappa shape index (κ3) is 3.81. The van der Waals surface area contributed by atoms with E-state index in [0.717, 1.165) is 47.4 Å². The highest BCUT2D eigenvalue weighted by molar-refractivity contribution is 5.87. The second-order valence-corrected chi connectivity index (χ2v) is 7.37. The maximum absolute atomic E-state index is 12.4. The first-order valence-corrected chi connectivity index (χ1v) is 9.65. The summed E-state index contributed by atoms with van der Waals surface area (Å²) in [6.07, 6.45) is 3.95. The monoisotopic (exact) mass is 377 g/mol. The highest BCUT2D eigenvalue weighted by atomic mass is 16.4. The number of fused-ring (bicyclic) bond motifs is 2. The lowest BCUT2D eigenvalue weighted by Gasteiger charge is -2.09. The van der Waals surface area contributed by atoms with Crippen molar-refractivity contribution in [1.82, 2.24) is 15.3 Å². The fourth-order valence-electron chi connectivity index (χ4n) is 3.83. The van der Waals surface area contributed by atoms with Crippen LogP contribution in [0.1, 0.15) is 40.3 Å². The van der Waals surface area contributed by atoms with Gasteiger partial charge in [0.15, 0.2) is 0 Å². The van der Waals surface area contributed by atoms with E-state index in [1.807, 2.05) is 32.0 Å². The molecule has 28 heavy (non-hydrogen) atoms. The number of rotatable bonds is 5. The first-order valence-electron chi connectivity index (χ1n) is 9.65. The zero-order chi connectivity index (χ0) is 19.7. The Morgan fingerprint density at radius 3 is 2.89 bits per heavy atom. The van der Waals surface area contributed by atoms with Crippen LogP contribution in [0, 0.1) is 13.8 Å². The van der Waals surface area contributed by atoms with Gasteiger partial charge < -0.3 is 9.73 Å². The number of nitrogens with one attached hydrogen (secondary N) is 1. The summed E-state index contributed by atoms with van der Waals surface area (Å²) in [5, 5.41) is 3.70. The molecule has 3 aromatic rings. The first-order chi connectivity index (χ1) is 13.5. The molecule has 0 aliphatic heterocycles. The first kappa shape index (κ1) is 18.3. The molecule has 1 amide bonds. The number of hydrogen-bond donors (Lipinski definition) is 1. The summed E-state index contributed by atoms with van der Waals surface area (Å²) in [6.45, 7) is 4.43. The standard InChI is InChI=1S/C22H23N3O3/c1-13-6-7-17-15(12-22(27)28-19(17)10-13)11-21(26)23-9-8-20-24-14(2)16-4-3-5-18(16)25-20/h6-7,10,12H,3-5,8-9,11H2,1-2H3,(H,23,26). The molecular weight excluding hydrogens is 354 g/mol. The molecule has 2 aromatic heterocycles. The lowest BCUT2D eigenvalue weighted by molar-refractivity contribution is -0.120. The van der Waals surface area contributed by atoms with Gasteiger partial charge in [-0.2, -0.15) is 0 Å². The average molecular weight is 377 g/mol. The maximum atomic E-state index is 12.4. The van der Waals surface area contributed by atoms with E-state index in [1.54, 1.807) is 0 Å². The normalized spacial score (nSPS) is 12.9. The van der Waals surface area contributed by atoms with Crippen molar-refractivity contribution < 1.29 is 9.21 Å². The Bertz CT molecular complexity index is 1120. The van der Waals surface area contributed by atoms with E-state index in [-0.39, 0.29) is 12.3 Å². The van der Waals surface area contributed by atoms with Gasteiger partial charge in [0, 0.05) is 35.8 Å². The number of benzene rings is 1. The van der Waals surface area contributed by atoms with E-state index in [0.29, 0.717) is 24.1 Å². The number of carbonyl (C=O) groups is 1. The Morgan fingerprint density at radius 1 is 1.18 bits per heavy atom. The largest absolute Gasteiger partial charge is 0.423 e. The molecule has 1 N–H and O–H groups in total. The predicted octanol–water partition coefficient (Wildman–Crippen LogP) is 2.59. The molecule has 1 aromatic carbocycles. The van der Waals surface area contributed by atoms with Crippen LogP contribution in [0.4, 0.5) is 0 Å². The van der Waals surface area contributed by atoms with Crippen LogP contribution < -0.4 is 10.9 Å². The third-order valence-corrected chi connectivity index (χ3v) is 5.19. The summed E-state index contributed by atoms with van der Waals surface area (Å²) in [5.41, 5.74) is 5.25. The van der Waals surface area contributed by atoms with Gasteiger partial charge in [-0.1, -0.05) is 12.1 Å². The Morgan fingerprint density at radius 2 is 2.04 bits per heavy atom. The number of nitrogens with zero attached hydrogens (tertiary/aromatic N) is 2. The van der Waals surface area contributed by atoms with Crippen LogP contribution in [0.25, 0.3) is 11.0 Å². The van der Waals surface area contributed by atoms with Gasteiger partial charge in [-0.3, -0.25) is 4.79 Å². The number of aryl methyl sites for hydroxylation is 3. The molecule has 0 saturated carbocycles. The second kappa shape index (κ2) is 7.54. The van der Waals surface area contributed by atoms with Gasteiger partial charge in [0.2, 0.25) is 5.91 Å². The smallest absolute Gasteiger partial charge is 0.336 e. The van der Waals surface area contributed by atoms with Crippen LogP contribution in [0.15, 0.2) is 33.5 Å². The Balaban J connectivity index is 1.41. The maximum Gasteiger partial charge on any atom is 0.336 e. The van der Waals surface area contributed by atoms with E-state index < -0.39 is 5.63 Å². The van der Waals surface area contributed by atoms with Crippen molar-refractivity contribution in [3.8, 4) is 0 Å². The van der Waals surface area contributed by atoms with Gasteiger partial charge in [0.05, 0.1) is 6.42 Å². The van der Waals surface area contributed by atoms with Crippen LogP contribution in [-0.2, 0) is 30.5 Å². The van der Waals surface area contributed by atoms with Crippen molar-refractivity contribution in [3.63, 3.8) is 0 Å². The molecule has 0 bridgehead atoms. The molecule has 6 heteroatoms. The van der Waals surface area contributed by atoms with Gasteiger partial charge in [0.1, 0.15) is 11.4 Å². The quantitative estimate of drug-likeness (QED) is 0.691. The lowest BCUT2D eigenvalue weighted by atomic mass is 10.1. The number of amides is 1. The molecule has 6 nitrogen and oxygen atoms in total.